The molecule has 0 N–H and O–H groups in total. The number of benzene rings is 3. The van der Waals surface area contributed by atoms with Crippen molar-refractivity contribution in [3.8, 4) is 11.5 Å². The minimum Gasteiger partial charge on any atom is -0.436 e. The van der Waals surface area contributed by atoms with Crippen LogP contribution in [0.25, 0.3) is 33.3 Å². The summed E-state index contributed by atoms with van der Waals surface area (Å²) in [7, 11) is 0. The lowest BCUT2D eigenvalue weighted by Gasteiger charge is -2.09. The van der Waals surface area contributed by atoms with Gasteiger partial charge in [0.25, 0.3) is 0 Å². The van der Waals surface area contributed by atoms with Crippen molar-refractivity contribution in [3.05, 3.63) is 84.6 Å². The van der Waals surface area contributed by atoms with E-state index in [0.29, 0.717) is 5.89 Å². The monoisotopic (exact) mass is 297 g/mol. The first-order valence-electron chi connectivity index (χ1n) is 7.57. The minimum atomic E-state index is 0.662. The topological polar surface area (TPSA) is 26.0 Å². The molecule has 0 spiro atoms. The highest BCUT2D eigenvalue weighted by Crippen LogP contribution is 2.34. The Bertz CT molecular complexity index is 1020. The van der Waals surface area contributed by atoms with Crippen molar-refractivity contribution in [3.63, 3.8) is 0 Å². The molecule has 0 aliphatic heterocycles. The van der Waals surface area contributed by atoms with Crippen molar-refractivity contribution >= 4 is 21.9 Å². The first-order valence-corrected chi connectivity index (χ1v) is 7.57. The third kappa shape index (κ3) is 2.36. The zero-order valence-electron chi connectivity index (χ0n) is 12.6. The SMILES string of the molecule is C=C=CCc1ccc2ccccc2c1-c1nc2ccccc2o1. The molecule has 0 amide bonds. The van der Waals surface area contributed by atoms with E-state index in [0.717, 1.165) is 34.0 Å². The molecule has 4 aromatic rings. The maximum atomic E-state index is 6.02. The molecule has 0 radical (unpaired) electrons. The van der Waals surface area contributed by atoms with Crippen LogP contribution in [0.5, 0.6) is 0 Å². The number of hydrogen-bond acceptors (Lipinski definition) is 2. The average molecular weight is 297 g/mol. The molecular formula is C21H15NO. The second-order valence-corrected chi connectivity index (χ2v) is 5.42. The molecule has 0 unspecified atom stereocenters. The van der Waals surface area contributed by atoms with Crippen LogP contribution in [-0.4, -0.2) is 4.98 Å². The number of rotatable bonds is 3. The fourth-order valence-corrected chi connectivity index (χ4v) is 2.90. The number of oxazole rings is 1. The summed E-state index contributed by atoms with van der Waals surface area (Å²) in [6.45, 7) is 3.66. The average Bonchev–Trinajstić information content (AvgIpc) is 3.03. The van der Waals surface area contributed by atoms with Crippen molar-refractivity contribution in [2.45, 2.75) is 6.42 Å². The summed E-state index contributed by atoms with van der Waals surface area (Å²) in [4.78, 5) is 4.69. The van der Waals surface area contributed by atoms with E-state index in [2.05, 4.69) is 41.6 Å². The highest BCUT2D eigenvalue weighted by Gasteiger charge is 2.15. The predicted octanol–water partition coefficient (Wildman–Crippen LogP) is 5.53. The molecule has 1 heterocycles. The molecule has 2 heteroatoms. The largest absolute Gasteiger partial charge is 0.436 e. The summed E-state index contributed by atoms with van der Waals surface area (Å²) in [6, 6.07) is 20.4. The minimum absolute atomic E-state index is 0.662. The quantitative estimate of drug-likeness (QED) is 0.465. The smallest absolute Gasteiger partial charge is 0.228 e. The molecular weight excluding hydrogens is 282 g/mol. The van der Waals surface area contributed by atoms with Crippen LogP contribution in [0.1, 0.15) is 5.56 Å². The Labute approximate surface area is 134 Å². The lowest BCUT2D eigenvalue weighted by Crippen LogP contribution is -1.90. The van der Waals surface area contributed by atoms with E-state index in [4.69, 9.17) is 4.42 Å². The van der Waals surface area contributed by atoms with Gasteiger partial charge in [-0.2, -0.15) is 0 Å². The Hall–Kier alpha value is -3.09. The van der Waals surface area contributed by atoms with Crippen LogP contribution in [0.2, 0.25) is 0 Å². The van der Waals surface area contributed by atoms with E-state index in [1.807, 2.05) is 42.5 Å². The third-order valence-corrected chi connectivity index (χ3v) is 3.99. The van der Waals surface area contributed by atoms with Crippen molar-refractivity contribution in [2.75, 3.05) is 0 Å². The molecule has 23 heavy (non-hydrogen) atoms. The molecule has 3 aromatic carbocycles. The molecule has 0 atom stereocenters. The van der Waals surface area contributed by atoms with Crippen LogP contribution in [0.4, 0.5) is 0 Å². The van der Waals surface area contributed by atoms with Gasteiger partial charge in [-0.3, -0.25) is 0 Å². The van der Waals surface area contributed by atoms with Crippen molar-refractivity contribution in [2.24, 2.45) is 0 Å². The fourth-order valence-electron chi connectivity index (χ4n) is 2.90. The molecule has 0 saturated heterocycles. The molecule has 0 fully saturated rings. The summed E-state index contributed by atoms with van der Waals surface area (Å²) < 4.78 is 6.02. The van der Waals surface area contributed by atoms with Crippen molar-refractivity contribution < 1.29 is 4.42 Å². The zero-order chi connectivity index (χ0) is 15.6. The van der Waals surface area contributed by atoms with Gasteiger partial charge in [0.05, 0.1) is 0 Å². The molecule has 110 valence electrons. The Balaban J connectivity index is 2.03. The molecule has 0 saturated carbocycles. The predicted molar refractivity (Wildman–Crippen MR) is 94.4 cm³/mol. The normalized spacial score (nSPS) is 10.8. The molecule has 0 aliphatic carbocycles. The number of allylic oxidation sites excluding steroid dienone is 1. The summed E-state index contributed by atoms with van der Waals surface area (Å²) in [5, 5.41) is 2.32. The van der Waals surface area contributed by atoms with Gasteiger partial charge in [-0.05, 0) is 41.0 Å². The van der Waals surface area contributed by atoms with Gasteiger partial charge in [-0.25, -0.2) is 4.98 Å². The van der Waals surface area contributed by atoms with Gasteiger partial charge in [-0.15, -0.1) is 5.73 Å². The highest BCUT2D eigenvalue weighted by atomic mass is 16.3. The van der Waals surface area contributed by atoms with Crippen LogP contribution in [0.15, 0.2) is 83.5 Å². The van der Waals surface area contributed by atoms with E-state index >= 15 is 0 Å². The highest BCUT2D eigenvalue weighted by molar-refractivity contribution is 5.97. The number of para-hydroxylation sites is 2. The Morgan fingerprint density at radius 3 is 2.70 bits per heavy atom. The van der Waals surface area contributed by atoms with Gasteiger partial charge in [0.15, 0.2) is 5.58 Å². The standard InChI is InChI=1S/C21H15NO/c1-2-3-8-16-14-13-15-9-4-5-10-17(15)20(16)21-22-18-11-6-7-12-19(18)23-21/h3-7,9-14H,1,8H2. The summed E-state index contributed by atoms with van der Waals surface area (Å²) >= 11 is 0. The van der Waals surface area contributed by atoms with Crippen LogP contribution in [0.3, 0.4) is 0 Å². The van der Waals surface area contributed by atoms with E-state index in [1.165, 1.54) is 5.39 Å². The third-order valence-electron chi connectivity index (χ3n) is 3.99. The van der Waals surface area contributed by atoms with Crippen LogP contribution < -0.4 is 0 Å². The Morgan fingerprint density at radius 1 is 1.00 bits per heavy atom. The van der Waals surface area contributed by atoms with Gasteiger partial charge in [0.1, 0.15) is 5.52 Å². The van der Waals surface area contributed by atoms with E-state index < -0.39 is 0 Å². The second kappa shape index (κ2) is 5.60. The maximum absolute atomic E-state index is 6.02. The number of aromatic nitrogens is 1. The number of nitrogens with zero attached hydrogens (tertiary/aromatic N) is 1. The van der Waals surface area contributed by atoms with Crippen LogP contribution in [0, 0.1) is 0 Å². The second-order valence-electron chi connectivity index (χ2n) is 5.42. The van der Waals surface area contributed by atoms with Crippen LogP contribution in [-0.2, 0) is 6.42 Å². The van der Waals surface area contributed by atoms with E-state index in [1.54, 1.807) is 0 Å². The summed E-state index contributed by atoms with van der Waals surface area (Å²) in [5.41, 5.74) is 6.73. The maximum Gasteiger partial charge on any atom is 0.228 e. The fraction of sp³-hybridized carbons (Fsp3) is 0.0476. The Morgan fingerprint density at radius 2 is 1.83 bits per heavy atom. The van der Waals surface area contributed by atoms with Gasteiger partial charge >= 0.3 is 0 Å². The van der Waals surface area contributed by atoms with Crippen LogP contribution >= 0.6 is 0 Å². The molecule has 2 nitrogen and oxygen atoms in total. The van der Waals surface area contributed by atoms with Gasteiger partial charge < -0.3 is 4.42 Å². The first kappa shape index (κ1) is 13.6. The molecule has 0 bridgehead atoms. The molecule has 0 aliphatic rings. The van der Waals surface area contributed by atoms with Gasteiger partial charge in [0, 0.05) is 5.56 Å². The summed E-state index contributed by atoms with van der Waals surface area (Å²) in [6.07, 6.45) is 2.68. The van der Waals surface area contributed by atoms with Gasteiger partial charge in [0.2, 0.25) is 5.89 Å². The number of fused-ring (bicyclic) bond motifs is 2. The Kier molecular flexibility index (Phi) is 3.30. The molecule has 4 rings (SSSR count). The number of hydrogen-bond donors (Lipinski definition) is 0. The van der Waals surface area contributed by atoms with Gasteiger partial charge in [-0.1, -0.05) is 55.1 Å². The molecule has 1 aromatic heterocycles. The van der Waals surface area contributed by atoms with Crippen molar-refractivity contribution in [1.29, 1.82) is 0 Å². The van der Waals surface area contributed by atoms with E-state index in [-0.39, 0.29) is 0 Å². The first-order chi connectivity index (χ1) is 11.4. The lowest BCUT2D eigenvalue weighted by molar-refractivity contribution is 0.620. The van der Waals surface area contributed by atoms with E-state index in [9.17, 15) is 0 Å². The van der Waals surface area contributed by atoms with Crippen molar-refractivity contribution in [1.82, 2.24) is 4.98 Å². The zero-order valence-corrected chi connectivity index (χ0v) is 12.6. The lowest BCUT2D eigenvalue weighted by atomic mass is 9.97. The summed E-state index contributed by atoms with van der Waals surface area (Å²) in [5.74, 6) is 0.662.